The molecule has 0 aliphatic rings. The minimum atomic E-state index is -0.400. The highest BCUT2D eigenvalue weighted by Gasteiger charge is 2.09. The first kappa shape index (κ1) is 18.3. The molecule has 4 nitrogen and oxygen atoms in total. The van der Waals surface area contributed by atoms with Gasteiger partial charge in [-0.05, 0) is 79.6 Å². The number of amides is 2. The van der Waals surface area contributed by atoms with Crippen LogP contribution < -0.4 is 10.6 Å². The Morgan fingerprint density at radius 2 is 1.26 bits per heavy atom. The van der Waals surface area contributed by atoms with Crippen LogP contribution in [0.25, 0.3) is 0 Å². The van der Waals surface area contributed by atoms with E-state index in [0.29, 0.717) is 22.5 Å². The minimum absolute atomic E-state index is 0.222. The average molecular weight is 362 g/mol. The molecule has 0 heterocycles. The molecule has 0 aliphatic heterocycles. The predicted molar refractivity (Wildman–Crippen MR) is 105 cm³/mol. The number of rotatable bonds is 4. The third kappa shape index (κ3) is 4.58. The molecule has 0 aliphatic carbocycles. The van der Waals surface area contributed by atoms with Crippen LogP contribution in [0.2, 0.25) is 0 Å². The van der Waals surface area contributed by atoms with Gasteiger partial charge in [-0.3, -0.25) is 9.59 Å². The van der Waals surface area contributed by atoms with E-state index in [2.05, 4.69) is 10.6 Å². The standard InChI is InChI=1S/C22H19FN2O2/c1-14-6-7-17(12-15(14)2)22(27)25-20-5-3-4-19(13-20)24-21(26)16-8-10-18(23)11-9-16/h3-13H,1-2H3,(H,24,26)(H,25,27). The summed E-state index contributed by atoms with van der Waals surface area (Å²) in [4.78, 5) is 24.7. The molecule has 27 heavy (non-hydrogen) atoms. The van der Waals surface area contributed by atoms with E-state index < -0.39 is 5.82 Å². The van der Waals surface area contributed by atoms with Crippen LogP contribution in [0.3, 0.4) is 0 Å². The molecule has 0 fully saturated rings. The third-order valence-corrected chi connectivity index (χ3v) is 4.25. The largest absolute Gasteiger partial charge is 0.322 e. The van der Waals surface area contributed by atoms with Crippen LogP contribution in [0.4, 0.5) is 15.8 Å². The number of carbonyl (C=O) groups excluding carboxylic acids is 2. The fourth-order valence-corrected chi connectivity index (χ4v) is 2.57. The lowest BCUT2D eigenvalue weighted by Gasteiger charge is -2.10. The summed E-state index contributed by atoms with van der Waals surface area (Å²) in [5.41, 5.74) is 4.18. The van der Waals surface area contributed by atoms with Crippen molar-refractivity contribution in [1.82, 2.24) is 0 Å². The van der Waals surface area contributed by atoms with E-state index in [-0.39, 0.29) is 11.8 Å². The molecule has 0 radical (unpaired) electrons. The van der Waals surface area contributed by atoms with E-state index in [1.807, 2.05) is 26.0 Å². The second-order valence-corrected chi connectivity index (χ2v) is 6.29. The van der Waals surface area contributed by atoms with Crippen molar-refractivity contribution in [3.8, 4) is 0 Å². The number of hydrogen-bond acceptors (Lipinski definition) is 2. The van der Waals surface area contributed by atoms with Crippen LogP contribution in [0.1, 0.15) is 31.8 Å². The molecular formula is C22H19FN2O2. The Kier molecular flexibility index (Phi) is 5.31. The lowest BCUT2D eigenvalue weighted by Crippen LogP contribution is -2.14. The Bertz CT molecular complexity index is 997. The monoisotopic (exact) mass is 362 g/mol. The number of nitrogens with one attached hydrogen (secondary N) is 2. The molecule has 0 bridgehead atoms. The van der Waals surface area contributed by atoms with Crippen molar-refractivity contribution in [2.45, 2.75) is 13.8 Å². The van der Waals surface area contributed by atoms with Crippen molar-refractivity contribution < 1.29 is 14.0 Å². The highest BCUT2D eigenvalue weighted by atomic mass is 19.1. The van der Waals surface area contributed by atoms with Gasteiger partial charge in [-0.15, -0.1) is 0 Å². The summed E-state index contributed by atoms with van der Waals surface area (Å²) < 4.78 is 13.0. The molecule has 0 spiro atoms. The van der Waals surface area contributed by atoms with Crippen molar-refractivity contribution >= 4 is 23.2 Å². The van der Waals surface area contributed by atoms with Crippen molar-refractivity contribution in [3.05, 3.63) is 94.8 Å². The van der Waals surface area contributed by atoms with Crippen LogP contribution in [0, 0.1) is 19.7 Å². The van der Waals surface area contributed by atoms with Gasteiger partial charge in [-0.2, -0.15) is 0 Å². The van der Waals surface area contributed by atoms with Crippen LogP contribution in [0.15, 0.2) is 66.7 Å². The predicted octanol–water partition coefficient (Wildman–Crippen LogP) is 4.95. The van der Waals surface area contributed by atoms with Gasteiger partial charge in [0.15, 0.2) is 0 Å². The zero-order chi connectivity index (χ0) is 19.4. The maximum Gasteiger partial charge on any atom is 0.255 e. The summed E-state index contributed by atoms with van der Waals surface area (Å²) in [6, 6.07) is 17.7. The Hall–Kier alpha value is -3.47. The first-order chi connectivity index (χ1) is 12.9. The van der Waals surface area contributed by atoms with Crippen molar-refractivity contribution in [2.24, 2.45) is 0 Å². The highest BCUT2D eigenvalue weighted by molar-refractivity contribution is 6.06. The Balaban J connectivity index is 1.71. The maximum atomic E-state index is 13.0. The van der Waals surface area contributed by atoms with Crippen LogP contribution >= 0.6 is 0 Å². The Morgan fingerprint density at radius 1 is 0.704 bits per heavy atom. The summed E-state index contributed by atoms with van der Waals surface area (Å²) in [6.45, 7) is 3.95. The zero-order valence-corrected chi connectivity index (χ0v) is 15.0. The first-order valence-electron chi connectivity index (χ1n) is 8.48. The lowest BCUT2D eigenvalue weighted by atomic mass is 10.1. The van der Waals surface area contributed by atoms with Gasteiger partial charge >= 0.3 is 0 Å². The van der Waals surface area contributed by atoms with Gasteiger partial charge in [-0.1, -0.05) is 12.1 Å². The lowest BCUT2D eigenvalue weighted by molar-refractivity contribution is 0.101. The van der Waals surface area contributed by atoms with E-state index in [4.69, 9.17) is 0 Å². The van der Waals surface area contributed by atoms with Gasteiger partial charge in [0.2, 0.25) is 0 Å². The number of anilines is 2. The second kappa shape index (κ2) is 7.83. The van der Waals surface area contributed by atoms with Crippen LogP contribution in [-0.4, -0.2) is 11.8 Å². The zero-order valence-electron chi connectivity index (χ0n) is 15.0. The van der Waals surface area contributed by atoms with Crippen molar-refractivity contribution in [2.75, 3.05) is 10.6 Å². The molecular weight excluding hydrogens is 343 g/mol. The SMILES string of the molecule is Cc1ccc(C(=O)Nc2cccc(NC(=O)c3ccc(F)cc3)c2)cc1C. The van der Waals surface area contributed by atoms with E-state index in [1.54, 1.807) is 30.3 Å². The molecule has 0 saturated heterocycles. The average Bonchev–Trinajstić information content (AvgIpc) is 2.64. The molecule has 2 amide bonds. The highest BCUT2D eigenvalue weighted by Crippen LogP contribution is 2.18. The smallest absolute Gasteiger partial charge is 0.255 e. The van der Waals surface area contributed by atoms with Crippen molar-refractivity contribution in [1.29, 1.82) is 0 Å². The number of carbonyl (C=O) groups is 2. The van der Waals surface area contributed by atoms with E-state index in [1.165, 1.54) is 24.3 Å². The Labute approximate surface area is 157 Å². The number of hydrogen-bond donors (Lipinski definition) is 2. The van der Waals surface area contributed by atoms with E-state index in [9.17, 15) is 14.0 Å². The first-order valence-corrected chi connectivity index (χ1v) is 8.48. The van der Waals surface area contributed by atoms with Gasteiger partial charge in [0.05, 0.1) is 0 Å². The molecule has 3 aromatic carbocycles. The number of benzene rings is 3. The third-order valence-electron chi connectivity index (χ3n) is 4.25. The van der Waals surface area contributed by atoms with E-state index in [0.717, 1.165) is 11.1 Å². The molecule has 5 heteroatoms. The summed E-state index contributed by atoms with van der Waals surface area (Å²) in [6.07, 6.45) is 0. The molecule has 136 valence electrons. The molecule has 0 unspecified atom stereocenters. The normalized spacial score (nSPS) is 10.3. The van der Waals surface area contributed by atoms with Gasteiger partial charge < -0.3 is 10.6 Å². The van der Waals surface area contributed by atoms with Gasteiger partial charge in [0, 0.05) is 22.5 Å². The van der Waals surface area contributed by atoms with Gasteiger partial charge in [0.1, 0.15) is 5.82 Å². The molecule has 0 atom stereocenters. The fourth-order valence-electron chi connectivity index (χ4n) is 2.57. The summed E-state index contributed by atoms with van der Waals surface area (Å²) >= 11 is 0. The quantitative estimate of drug-likeness (QED) is 0.690. The summed E-state index contributed by atoms with van der Waals surface area (Å²) in [5.74, 6) is -0.977. The topological polar surface area (TPSA) is 58.2 Å². The van der Waals surface area contributed by atoms with E-state index >= 15 is 0 Å². The molecule has 0 aromatic heterocycles. The second-order valence-electron chi connectivity index (χ2n) is 6.29. The number of aryl methyl sites for hydroxylation is 2. The number of halogens is 1. The molecule has 2 N–H and O–H groups in total. The van der Waals surface area contributed by atoms with Crippen molar-refractivity contribution in [3.63, 3.8) is 0 Å². The molecule has 3 rings (SSSR count). The minimum Gasteiger partial charge on any atom is -0.322 e. The Morgan fingerprint density at radius 3 is 1.85 bits per heavy atom. The fraction of sp³-hybridized carbons (Fsp3) is 0.0909. The molecule has 0 saturated carbocycles. The summed E-state index contributed by atoms with van der Waals surface area (Å²) in [5, 5.41) is 5.56. The molecule has 3 aromatic rings. The maximum absolute atomic E-state index is 13.0. The van der Waals surface area contributed by atoms with Gasteiger partial charge in [0.25, 0.3) is 11.8 Å². The van der Waals surface area contributed by atoms with Crippen LogP contribution in [0.5, 0.6) is 0 Å². The summed E-state index contributed by atoms with van der Waals surface area (Å²) in [7, 11) is 0. The van der Waals surface area contributed by atoms with Crippen LogP contribution in [-0.2, 0) is 0 Å². The van der Waals surface area contributed by atoms with Gasteiger partial charge in [-0.25, -0.2) is 4.39 Å².